The van der Waals surface area contributed by atoms with Crippen molar-refractivity contribution in [3.05, 3.63) is 59.2 Å². The second-order valence-corrected chi connectivity index (χ2v) is 7.64. The predicted molar refractivity (Wildman–Crippen MR) is 94.5 cm³/mol. The molecule has 1 aromatic carbocycles. The molecule has 0 aliphatic heterocycles. The summed E-state index contributed by atoms with van der Waals surface area (Å²) in [6.07, 6.45) is -0.784. The van der Waals surface area contributed by atoms with E-state index in [4.69, 9.17) is 0 Å². The van der Waals surface area contributed by atoms with Gasteiger partial charge in [0.05, 0.1) is 11.3 Å². The quantitative estimate of drug-likeness (QED) is 0.543. The largest absolute Gasteiger partial charge is 0.416 e. The molecule has 2 nitrogen and oxygen atoms in total. The lowest BCUT2D eigenvalue weighted by atomic mass is 9.85. The van der Waals surface area contributed by atoms with Gasteiger partial charge in [0.2, 0.25) is 0 Å². The van der Waals surface area contributed by atoms with Gasteiger partial charge < -0.3 is 0 Å². The van der Waals surface area contributed by atoms with Crippen molar-refractivity contribution in [3.63, 3.8) is 0 Å². The van der Waals surface area contributed by atoms with Gasteiger partial charge in [-0.15, -0.1) is 11.3 Å². The molecule has 0 saturated carbocycles. The minimum absolute atomic E-state index is 0.0571. The fourth-order valence-electron chi connectivity index (χ4n) is 2.58. The molecule has 130 valence electrons. The van der Waals surface area contributed by atoms with Crippen molar-refractivity contribution in [1.29, 1.82) is 0 Å². The molecule has 25 heavy (non-hydrogen) atoms. The summed E-state index contributed by atoms with van der Waals surface area (Å²) in [5.41, 5.74) is 2.70. The molecule has 0 bridgehead atoms. The van der Waals surface area contributed by atoms with E-state index in [9.17, 15) is 13.2 Å². The molecule has 6 heteroatoms. The maximum atomic E-state index is 12.7. The Balaban J connectivity index is 1.97. The molecule has 0 N–H and O–H groups in total. The predicted octanol–water partition coefficient (Wildman–Crippen LogP) is 6.19. The zero-order valence-corrected chi connectivity index (χ0v) is 14.9. The fraction of sp³-hybridized carbons (Fsp3) is 0.263. The van der Waals surface area contributed by atoms with Gasteiger partial charge in [0.25, 0.3) is 0 Å². The SMILES string of the molecule is CC(C)(C)c1ccncc1-c1nc(-c2ccc(C(F)(F)F)cc2)cs1. The van der Waals surface area contributed by atoms with Crippen LogP contribution >= 0.6 is 11.3 Å². The van der Waals surface area contributed by atoms with E-state index in [1.165, 1.54) is 23.5 Å². The van der Waals surface area contributed by atoms with Crippen molar-refractivity contribution in [2.75, 3.05) is 0 Å². The first-order valence-corrected chi connectivity index (χ1v) is 8.62. The van der Waals surface area contributed by atoms with Gasteiger partial charge in [-0.1, -0.05) is 32.9 Å². The summed E-state index contributed by atoms with van der Waals surface area (Å²) in [5.74, 6) is 0. The van der Waals surface area contributed by atoms with Crippen molar-refractivity contribution in [2.45, 2.75) is 32.4 Å². The zero-order valence-electron chi connectivity index (χ0n) is 14.1. The first-order valence-electron chi connectivity index (χ1n) is 7.74. The standard InChI is InChI=1S/C19H17F3N2S/c1-18(2,3)15-8-9-23-10-14(15)17-24-16(11-25-17)12-4-6-13(7-5-12)19(20,21)22/h4-11H,1-3H3. The van der Waals surface area contributed by atoms with Gasteiger partial charge in [-0.3, -0.25) is 4.98 Å². The normalized spacial score (nSPS) is 12.4. The van der Waals surface area contributed by atoms with Crippen LogP contribution < -0.4 is 0 Å². The molecule has 0 spiro atoms. The van der Waals surface area contributed by atoms with Crippen LogP contribution in [-0.2, 0) is 11.6 Å². The maximum Gasteiger partial charge on any atom is 0.416 e. The number of rotatable bonds is 2. The van der Waals surface area contributed by atoms with E-state index in [0.717, 1.165) is 28.3 Å². The summed E-state index contributed by atoms with van der Waals surface area (Å²) in [6.45, 7) is 6.36. The summed E-state index contributed by atoms with van der Waals surface area (Å²) in [7, 11) is 0. The Hall–Kier alpha value is -2.21. The monoisotopic (exact) mass is 362 g/mol. The summed E-state index contributed by atoms with van der Waals surface area (Å²) in [6, 6.07) is 7.05. The Labute approximate surface area is 148 Å². The Morgan fingerprint density at radius 2 is 1.64 bits per heavy atom. The van der Waals surface area contributed by atoms with Crippen molar-refractivity contribution in [1.82, 2.24) is 9.97 Å². The van der Waals surface area contributed by atoms with Gasteiger partial charge in [-0.05, 0) is 29.2 Å². The number of hydrogen-bond acceptors (Lipinski definition) is 3. The highest BCUT2D eigenvalue weighted by atomic mass is 32.1. The molecule has 0 amide bonds. The van der Waals surface area contributed by atoms with Crippen molar-refractivity contribution in [3.8, 4) is 21.8 Å². The van der Waals surface area contributed by atoms with Crippen LogP contribution in [0.5, 0.6) is 0 Å². The van der Waals surface area contributed by atoms with Crippen LogP contribution in [-0.4, -0.2) is 9.97 Å². The third-order valence-corrected chi connectivity index (χ3v) is 4.75. The molecule has 0 radical (unpaired) electrons. The highest BCUT2D eigenvalue weighted by molar-refractivity contribution is 7.13. The van der Waals surface area contributed by atoms with Crippen LogP contribution in [0.25, 0.3) is 21.8 Å². The lowest BCUT2D eigenvalue weighted by Crippen LogP contribution is -2.12. The number of benzene rings is 1. The molecule has 0 unspecified atom stereocenters. The van der Waals surface area contributed by atoms with Crippen LogP contribution in [0.1, 0.15) is 31.9 Å². The molecule has 0 aliphatic carbocycles. The van der Waals surface area contributed by atoms with E-state index in [2.05, 4.69) is 30.7 Å². The number of hydrogen-bond donors (Lipinski definition) is 0. The van der Waals surface area contributed by atoms with Gasteiger partial charge in [-0.25, -0.2) is 4.98 Å². The summed E-state index contributed by atoms with van der Waals surface area (Å²) >= 11 is 1.46. The second-order valence-electron chi connectivity index (χ2n) is 6.78. The summed E-state index contributed by atoms with van der Waals surface area (Å²) < 4.78 is 38.0. The number of nitrogens with zero attached hydrogens (tertiary/aromatic N) is 2. The molecule has 2 heterocycles. The van der Waals surface area contributed by atoms with E-state index >= 15 is 0 Å². The van der Waals surface area contributed by atoms with Crippen molar-refractivity contribution < 1.29 is 13.2 Å². The Bertz CT molecular complexity index is 875. The van der Waals surface area contributed by atoms with Gasteiger partial charge in [-0.2, -0.15) is 13.2 Å². The molecular weight excluding hydrogens is 345 g/mol. The van der Waals surface area contributed by atoms with Crippen LogP contribution in [0.15, 0.2) is 48.1 Å². The van der Waals surface area contributed by atoms with E-state index in [1.807, 2.05) is 11.4 Å². The molecule has 3 aromatic rings. The van der Waals surface area contributed by atoms with Crippen LogP contribution in [0.2, 0.25) is 0 Å². The Morgan fingerprint density at radius 1 is 0.960 bits per heavy atom. The molecule has 0 atom stereocenters. The molecule has 0 fully saturated rings. The highest BCUT2D eigenvalue weighted by Crippen LogP contribution is 2.36. The van der Waals surface area contributed by atoms with Gasteiger partial charge in [0, 0.05) is 28.9 Å². The van der Waals surface area contributed by atoms with Crippen LogP contribution in [0, 0.1) is 0 Å². The zero-order chi connectivity index (χ0) is 18.2. The van der Waals surface area contributed by atoms with E-state index in [-0.39, 0.29) is 5.41 Å². The topological polar surface area (TPSA) is 25.8 Å². The lowest BCUT2D eigenvalue weighted by Gasteiger charge is -2.21. The third kappa shape index (κ3) is 3.74. The lowest BCUT2D eigenvalue weighted by molar-refractivity contribution is -0.137. The Kier molecular flexibility index (Phi) is 4.41. The van der Waals surface area contributed by atoms with E-state index in [0.29, 0.717) is 11.3 Å². The van der Waals surface area contributed by atoms with Gasteiger partial charge >= 0.3 is 6.18 Å². The van der Waals surface area contributed by atoms with Crippen molar-refractivity contribution in [2.24, 2.45) is 0 Å². The van der Waals surface area contributed by atoms with Gasteiger partial charge in [0.15, 0.2) is 0 Å². The highest BCUT2D eigenvalue weighted by Gasteiger charge is 2.30. The van der Waals surface area contributed by atoms with Crippen molar-refractivity contribution >= 4 is 11.3 Å². The maximum absolute atomic E-state index is 12.7. The number of pyridine rings is 1. The number of aromatic nitrogens is 2. The van der Waals surface area contributed by atoms with E-state index < -0.39 is 11.7 Å². The fourth-order valence-corrected chi connectivity index (χ4v) is 3.43. The average Bonchev–Trinajstić information content (AvgIpc) is 3.03. The molecule has 2 aromatic heterocycles. The summed E-state index contributed by atoms with van der Waals surface area (Å²) in [4.78, 5) is 8.81. The van der Waals surface area contributed by atoms with Crippen LogP contribution in [0.3, 0.4) is 0 Å². The number of thiazole rings is 1. The molecule has 0 saturated heterocycles. The first-order chi connectivity index (χ1) is 11.7. The Morgan fingerprint density at radius 3 is 2.24 bits per heavy atom. The molecular formula is C19H17F3N2S. The van der Waals surface area contributed by atoms with Crippen LogP contribution in [0.4, 0.5) is 13.2 Å². The first kappa shape index (κ1) is 17.6. The minimum Gasteiger partial charge on any atom is -0.264 e. The summed E-state index contributed by atoms with van der Waals surface area (Å²) in [5, 5.41) is 2.67. The van der Waals surface area contributed by atoms with Gasteiger partial charge in [0.1, 0.15) is 5.01 Å². The molecule has 0 aliphatic rings. The molecule has 3 rings (SSSR count). The van der Waals surface area contributed by atoms with E-state index in [1.54, 1.807) is 12.4 Å². The third-order valence-electron chi connectivity index (χ3n) is 3.87. The average molecular weight is 362 g/mol. The minimum atomic E-state index is -4.33. The number of halogens is 3. The number of alkyl halides is 3. The smallest absolute Gasteiger partial charge is 0.264 e. The second kappa shape index (κ2) is 6.26.